The van der Waals surface area contributed by atoms with Gasteiger partial charge in [-0.2, -0.15) is 0 Å². The van der Waals surface area contributed by atoms with Gasteiger partial charge in [-0.25, -0.2) is 8.78 Å². The maximum absolute atomic E-state index is 13.0. The summed E-state index contributed by atoms with van der Waals surface area (Å²) in [5.74, 6) is -2.65. The maximum Gasteiger partial charge on any atom is 0.310 e. The van der Waals surface area contributed by atoms with Crippen molar-refractivity contribution in [3.05, 3.63) is 28.6 Å². The van der Waals surface area contributed by atoms with Gasteiger partial charge in [0.1, 0.15) is 11.9 Å². The number of rotatable bonds is 2. The fourth-order valence-electron chi connectivity index (χ4n) is 1.86. The van der Waals surface area contributed by atoms with Crippen molar-refractivity contribution in [3.8, 4) is 0 Å². The summed E-state index contributed by atoms with van der Waals surface area (Å²) >= 11 is 0. The predicted octanol–water partition coefficient (Wildman–Crippen LogP) is 2.23. The fraction of sp³-hybridized carbons (Fsp3) is 0.500. The van der Waals surface area contributed by atoms with Crippen molar-refractivity contribution in [3.63, 3.8) is 0 Å². The molecule has 0 spiro atoms. The van der Waals surface area contributed by atoms with E-state index in [2.05, 4.69) is 4.98 Å². The lowest BCUT2D eigenvalue weighted by Gasteiger charge is -2.32. The molecule has 1 aromatic rings. The van der Waals surface area contributed by atoms with Crippen molar-refractivity contribution in [1.82, 2.24) is 4.98 Å². The van der Waals surface area contributed by atoms with E-state index in [9.17, 15) is 18.9 Å². The highest BCUT2D eigenvalue weighted by Crippen LogP contribution is 2.33. The van der Waals surface area contributed by atoms with Gasteiger partial charge < -0.3 is 4.90 Å². The summed E-state index contributed by atoms with van der Waals surface area (Å²) < 4.78 is 26.0. The van der Waals surface area contributed by atoms with E-state index in [0.29, 0.717) is 5.69 Å². The van der Waals surface area contributed by atoms with Crippen LogP contribution in [0.3, 0.4) is 0 Å². The lowest BCUT2D eigenvalue weighted by molar-refractivity contribution is -0.384. The number of hydrogen-bond acceptors (Lipinski definition) is 4. The second-order valence-electron chi connectivity index (χ2n) is 3.96. The van der Waals surface area contributed by atoms with E-state index < -0.39 is 10.8 Å². The average molecular weight is 243 g/mol. The standard InChI is InChI=1S/C10H11F2N3O2/c11-10(12)2-5-14(6-3-10)8-1-4-13-7-9(8)15(16)17/h1,4,7H,2-3,5-6H2. The Labute approximate surface area is 96.2 Å². The number of nitro groups is 1. The Bertz CT molecular complexity index is 429. The molecule has 1 saturated heterocycles. The van der Waals surface area contributed by atoms with Crippen LogP contribution in [0, 0.1) is 10.1 Å². The van der Waals surface area contributed by atoms with Gasteiger partial charge in [-0.15, -0.1) is 0 Å². The number of aromatic nitrogens is 1. The van der Waals surface area contributed by atoms with Gasteiger partial charge in [0.2, 0.25) is 0 Å². The third-order valence-corrected chi connectivity index (χ3v) is 2.81. The van der Waals surface area contributed by atoms with Gasteiger partial charge in [0, 0.05) is 32.1 Å². The Hall–Kier alpha value is -1.79. The molecule has 0 aromatic carbocycles. The van der Waals surface area contributed by atoms with Gasteiger partial charge in [0.15, 0.2) is 0 Å². The number of piperidine rings is 1. The predicted molar refractivity (Wildman–Crippen MR) is 57.3 cm³/mol. The Balaban J connectivity index is 2.21. The monoisotopic (exact) mass is 243 g/mol. The molecule has 17 heavy (non-hydrogen) atoms. The molecule has 1 aromatic heterocycles. The van der Waals surface area contributed by atoms with Crippen LogP contribution in [0.1, 0.15) is 12.8 Å². The SMILES string of the molecule is O=[N+]([O-])c1cnccc1N1CCC(F)(F)CC1. The van der Waals surface area contributed by atoms with Crippen molar-refractivity contribution < 1.29 is 13.7 Å². The molecule has 0 N–H and O–H groups in total. The second-order valence-corrected chi connectivity index (χ2v) is 3.96. The van der Waals surface area contributed by atoms with Crippen LogP contribution in [-0.2, 0) is 0 Å². The zero-order valence-electron chi connectivity index (χ0n) is 8.97. The van der Waals surface area contributed by atoms with Crippen molar-refractivity contribution in [2.45, 2.75) is 18.8 Å². The average Bonchev–Trinajstić information content (AvgIpc) is 2.29. The largest absolute Gasteiger partial charge is 0.365 e. The molecule has 1 fully saturated rings. The van der Waals surface area contributed by atoms with Crippen molar-refractivity contribution in [2.75, 3.05) is 18.0 Å². The quantitative estimate of drug-likeness (QED) is 0.590. The highest BCUT2D eigenvalue weighted by molar-refractivity contribution is 5.61. The number of nitrogens with zero attached hydrogens (tertiary/aromatic N) is 3. The number of alkyl halides is 2. The summed E-state index contributed by atoms with van der Waals surface area (Å²) in [5.41, 5.74) is 0.221. The lowest BCUT2D eigenvalue weighted by atomic mass is 10.1. The molecule has 2 rings (SSSR count). The van der Waals surface area contributed by atoms with Crippen LogP contribution < -0.4 is 4.90 Å². The van der Waals surface area contributed by atoms with E-state index in [0.717, 1.165) is 6.20 Å². The maximum atomic E-state index is 13.0. The van der Waals surface area contributed by atoms with E-state index in [-0.39, 0.29) is 31.6 Å². The van der Waals surface area contributed by atoms with Crippen molar-refractivity contribution in [2.24, 2.45) is 0 Å². The molecule has 5 nitrogen and oxygen atoms in total. The normalized spacial score (nSPS) is 19.1. The third kappa shape index (κ3) is 2.48. The van der Waals surface area contributed by atoms with Crippen LogP contribution in [0.25, 0.3) is 0 Å². The number of hydrogen-bond donors (Lipinski definition) is 0. The first-order valence-corrected chi connectivity index (χ1v) is 5.21. The van der Waals surface area contributed by atoms with Gasteiger partial charge in [0.25, 0.3) is 5.92 Å². The number of anilines is 1. The molecule has 7 heteroatoms. The van der Waals surface area contributed by atoms with E-state index in [1.54, 1.807) is 4.90 Å². The summed E-state index contributed by atoms with van der Waals surface area (Å²) in [6, 6.07) is 1.49. The first-order valence-electron chi connectivity index (χ1n) is 5.21. The zero-order chi connectivity index (χ0) is 12.5. The topological polar surface area (TPSA) is 59.3 Å². The molecule has 1 aliphatic heterocycles. The molecule has 2 heterocycles. The minimum atomic E-state index is -2.65. The van der Waals surface area contributed by atoms with Crippen LogP contribution >= 0.6 is 0 Å². The molecule has 0 aliphatic carbocycles. The molecule has 92 valence electrons. The minimum absolute atomic E-state index is 0.123. The van der Waals surface area contributed by atoms with E-state index in [4.69, 9.17) is 0 Å². The molecule has 0 radical (unpaired) electrons. The van der Waals surface area contributed by atoms with Crippen LogP contribution in [0.15, 0.2) is 18.5 Å². The van der Waals surface area contributed by atoms with Gasteiger partial charge in [-0.3, -0.25) is 15.1 Å². The van der Waals surface area contributed by atoms with Crippen LogP contribution in [-0.4, -0.2) is 28.9 Å². The summed E-state index contributed by atoms with van der Waals surface area (Å²) in [5, 5.41) is 10.8. The molecule has 1 aliphatic rings. The van der Waals surface area contributed by atoms with Crippen LogP contribution in [0.4, 0.5) is 20.2 Å². The zero-order valence-corrected chi connectivity index (χ0v) is 8.97. The van der Waals surface area contributed by atoms with Gasteiger partial charge in [0.05, 0.1) is 4.92 Å². The van der Waals surface area contributed by atoms with E-state index in [1.165, 1.54) is 12.3 Å². The molecule has 0 atom stereocenters. The van der Waals surface area contributed by atoms with Crippen LogP contribution in [0.2, 0.25) is 0 Å². The highest BCUT2D eigenvalue weighted by Gasteiger charge is 2.35. The van der Waals surface area contributed by atoms with Crippen LogP contribution in [0.5, 0.6) is 0 Å². The van der Waals surface area contributed by atoms with E-state index in [1.807, 2.05) is 0 Å². The minimum Gasteiger partial charge on any atom is -0.365 e. The first kappa shape index (κ1) is 11.7. The molecular formula is C10H11F2N3O2. The number of pyridine rings is 1. The van der Waals surface area contributed by atoms with Crippen molar-refractivity contribution in [1.29, 1.82) is 0 Å². The molecule has 0 unspecified atom stereocenters. The summed E-state index contributed by atoms with van der Waals surface area (Å²) in [6.45, 7) is 0.246. The van der Waals surface area contributed by atoms with Gasteiger partial charge in [-0.1, -0.05) is 0 Å². The number of halogens is 2. The summed E-state index contributed by atoms with van der Waals surface area (Å²) in [7, 11) is 0. The lowest BCUT2D eigenvalue weighted by Crippen LogP contribution is -2.39. The smallest absolute Gasteiger partial charge is 0.310 e. The highest BCUT2D eigenvalue weighted by atomic mass is 19.3. The third-order valence-electron chi connectivity index (χ3n) is 2.81. The van der Waals surface area contributed by atoms with Gasteiger partial charge in [-0.05, 0) is 6.07 Å². The van der Waals surface area contributed by atoms with Gasteiger partial charge >= 0.3 is 5.69 Å². The molecule has 0 bridgehead atoms. The first-order chi connectivity index (χ1) is 7.99. The fourth-order valence-corrected chi connectivity index (χ4v) is 1.86. The van der Waals surface area contributed by atoms with Crippen molar-refractivity contribution >= 4 is 11.4 Å². The molecule has 0 saturated carbocycles. The molecule has 0 amide bonds. The molecular weight excluding hydrogens is 232 g/mol. The Morgan fingerprint density at radius 3 is 2.65 bits per heavy atom. The Kier molecular flexibility index (Phi) is 2.91. The Morgan fingerprint density at radius 1 is 1.41 bits per heavy atom. The summed E-state index contributed by atoms with van der Waals surface area (Å²) in [6.07, 6.45) is 2.02. The van der Waals surface area contributed by atoms with E-state index >= 15 is 0 Å². The second kappa shape index (κ2) is 4.23. The summed E-state index contributed by atoms with van der Waals surface area (Å²) in [4.78, 5) is 15.5. The Morgan fingerprint density at radius 2 is 2.06 bits per heavy atom.